The van der Waals surface area contributed by atoms with E-state index in [1.54, 1.807) is 0 Å². The number of carboxylic acids is 1. The molecule has 1 fully saturated rings. The van der Waals surface area contributed by atoms with E-state index in [9.17, 15) is 9.90 Å². The molecule has 0 heterocycles. The van der Waals surface area contributed by atoms with E-state index in [-0.39, 0.29) is 5.92 Å². The van der Waals surface area contributed by atoms with Crippen LogP contribution in [0.1, 0.15) is 31.2 Å². The fourth-order valence-electron chi connectivity index (χ4n) is 2.60. The van der Waals surface area contributed by atoms with Gasteiger partial charge in [0.1, 0.15) is 0 Å². The van der Waals surface area contributed by atoms with Crippen molar-refractivity contribution in [3.8, 4) is 12.3 Å². The second-order valence-corrected chi connectivity index (χ2v) is 4.64. The molecule has 0 bridgehead atoms. The summed E-state index contributed by atoms with van der Waals surface area (Å²) in [7, 11) is 0. The number of unbranched alkanes of at least 4 members (excludes halogenated alkanes) is 1. The van der Waals surface area contributed by atoms with Gasteiger partial charge in [-0.1, -0.05) is 30.3 Å². The first-order chi connectivity index (χ1) is 8.21. The van der Waals surface area contributed by atoms with Crippen LogP contribution in [0.3, 0.4) is 0 Å². The summed E-state index contributed by atoms with van der Waals surface area (Å²) in [6, 6.07) is 9.53. The minimum absolute atomic E-state index is 0.246. The van der Waals surface area contributed by atoms with E-state index >= 15 is 0 Å². The SMILES string of the molecule is C#CCCCC1C[C@]1(C(=O)O)c1ccccc1. The molecule has 1 aromatic rings. The zero-order chi connectivity index (χ0) is 12.3. The smallest absolute Gasteiger partial charge is 0.314 e. The largest absolute Gasteiger partial charge is 0.481 e. The first-order valence-corrected chi connectivity index (χ1v) is 5.94. The molecule has 1 aliphatic rings. The van der Waals surface area contributed by atoms with E-state index in [0.29, 0.717) is 0 Å². The standard InChI is InChI=1S/C15H16O2/c1-2-3-5-10-13-11-15(13,14(16)17)12-8-6-4-7-9-12/h1,4,6-9,13H,3,5,10-11H2,(H,16,17)/t13?,15-/m0/s1. The number of carbonyl (C=O) groups is 1. The Kier molecular flexibility index (Phi) is 3.19. The topological polar surface area (TPSA) is 37.3 Å². The highest BCUT2D eigenvalue weighted by molar-refractivity contribution is 5.85. The lowest BCUT2D eigenvalue weighted by atomic mass is 9.92. The maximum atomic E-state index is 11.5. The minimum atomic E-state index is -0.700. The molecule has 88 valence electrons. The van der Waals surface area contributed by atoms with Gasteiger partial charge >= 0.3 is 5.97 Å². The molecule has 0 saturated heterocycles. The molecule has 1 aliphatic carbocycles. The zero-order valence-electron chi connectivity index (χ0n) is 9.73. The summed E-state index contributed by atoms with van der Waals surface area (Å²) >= 11 is 0. The van der Waals surface area contributed by atoms with Crippen molar-refractivity contribution in [3.63, 3.8) is 0 Å². The van der Waals surface area contributed by atoms with E-state index < -0.39 is 11.4 Å². The Bertz CT molecular complexity index is 444. The van der Waals surface area contributed by atoms with Crippen LogP contribution in [-0.4, -0.2) is 11.1 Å². The van der Waals surface area contributed by atoms with Crippen molar-refractivity contribution in [2.75, 3.05) is 0 Å². The van der Waals surface area contributed by atoms with Crippen molar-refractivity contribution >= 4 is 5.97 Å². The fraction of sp³-hybridized carbons (Fsp3) is 0.400. The molecule has 2 nitrogen and oxygen atoms in total. The normalized spacial score (nSPS) is 26.2. The Balaban J connectivity index is 2.11. The van der Waals surface area contributed by atoms with Gasteiger partial charge in [-0.2, -0.15) is 0 Å². The molecule has 0 radical (unpaired) electrons. The Morgan fingerprint density at radius 2 is 2.18 bits per heavy atom. The summed E-state index contributed by atoms with van der Waals surface area (Å²) in [4.78, 5) is 11.5. The highest BCUT2D eigenvalue weighted by Gasteiger charge is 2.60. The summed E-state index contributed by atoms with van der Waals surface area (Å²) in [5.41, 5.74) is 0.286. The van der Waals surface area contributed by atoms with Crippen LogP contribution in [0.5, 0.6) is 0 Å². The molecule has 0 spiro atoms. The molecular weight excluding hydrogens is 212 g/mol. The maximum absolute atomic E-state index is 11.5. The average molecular weight is 228 g/mol. The van der Waals surface area contributed by atoms with E-state index in [0.717, 1.165) is 31.2 Å². The maximum Gasteiger partial charge on any atom is 0.314 e. The van der Waals surface area contributed by atoms with Gasteiger partial charge in [0.15, 0.2) is 0 Å². The Morgan fingerprint density at radius 1 is 1.47 bits per heavy atom. The van der Waals surface area contributed by atoms with Gasteiger partial charge in [-0.3, -0.25) is 4.79 Å². The van der Waals surface area contributed by atoms with Crippen molar-refractivity contribution in [2.45, 2.75) is 31.1 Å². The van der Waals surface area contributed by atoms with E-state index in [1.165, 1.54) is 0 Å². The summed E-state index contributed by atoms with van der Waals surface area (Å²) in [6.45, 7) is 0. The average Bonchev–Trinajstić information content (AvgIpc) is 3.06. The van der Waals surface area contributed by atoms with Crippen molar-refractivity contribution in [2.24, 2.45) is 5.92 Å². The molecular formula is C15H16O2. The van der Waals surface area contributed by atoms with Crippen molar-refractivity contribution in [1.29, 1.82) is 0 Å². The number of hydrogen-bond donors (Lipinski definition) is 1. The van der Waals surface area contributed by atoms with Crippen molar-refractivity contribution < 1.29 is 9.90 Å². The number of aliphatic carboxylic acids is 1. The third kappa shape index (κ3) is 2.06. The molecule has 0 aliphatic heterocycles. The summed E-state index contributed by atoms with van der Waals surface area (Å²) < 4.78 is 0. The van der Waals surface area contributed by atoms with Crippen LogP contribution >= 0.6 is 0 Å². The third-order valence-corrected chi connectivity index (χ3v) is 3.65. The van der Waals surface area contributed by atoms with Crippen LogP contribution in [0.25, 0.3) is 0 Å². The Morgan fingerprint density at radius 3 is 2.76 bits per heavy atom. The van der Waals surface area contributed by atoms with Gasteiger partial charge in [-0.25, -0.2) is 0 Å². The van der Waals surface area contributed by atoms with Crippen LogP contribution in [0.15, 0.2) is 30.3 Å². The summed E-state index contributed by atoms with van der Waals surface area (Å²) in [5.74, 6) is 2.15. The number of hydrogen-bond acceptors (Lipinski definition) is 1. The van der Waals surface area contributed by atoms with Gasteiger partial charge in [0.2, 0.25) is 0 Å². The number of rotatable bonds is 5. The van der Waals surface area contributed by atoms with Gasteiger partial charge in [0.05, 0.1) is 5.41 Å². The Labute approximate surface area is 102 Å². The van der Waals surface area contributed by atoms with Crippen LogP contribution in [0.4, 0.5) is 0 Å². The number of benzene rings is 1. The first kappa shape index (κ1) is 11.7. The lowest BCUT2D eigenvalue weighted by Gasteiger charge is -2.12. The third-order valence-electron chi connectivity index (χ3n) is 3.65. The van der Waals surface area contributed by atoms with Gasteiger partial charge in [0, 0.05) is 6.42 Å². The van der Waals surface area contributed by atoms with Crippen molar-refractivity contribution in [3.05, 3.63) is 35.9 Å². The lowest BCUT2D eigenvalue weighted by Crippen LogP contribution is -2.22. The molecule has 0 aromatic heterocycles. The quantitative estimate of drug-likeness (QED) is 0.621. The zero-order valence-corrected chi connectivity index (χ0v) is 9.73. The van der Waals surface area contributed by atoms with Gasteiger partial charge in [-0.05, 0) is 30.7 Å². The molecule has 2 rings (SSSR count). The van der Waals surface area contributed by atoms with E-state index in [1.807, 2.05) is 30.3 Å². The monoisotopic (exact) mass is 228 g/mol. The molecule has 17 heavy (non-hydrogen) atoms. The van der Waals surface area contributed by atoms with Gasteiger partial charge < -0.3 is 5.11 Å². The molecule has 1 aromatic carbocycles. The molecule has 2 atom stereocenters. The molecule has 1 unspecified atom stereocenters. The fourth-order valence-corrected chi connectivity index (χ4v) is 2.60. The van der Waals surface area contributed by atoms with E-state index in [4.69, 9.17) is 6.42 Å². The summed E-state index contributed by atoms with van der Waals surface area (Å²) in [5, 5.41) is 9.44. The predicted molar refractivity (Wildman–Crippen MR) is 66.5 cm³/mol. The molecule has 1 N–H and O–H groups in total. The van der Waals surface area contributed by atoms with Gasteiger partial charge in [-0.15, -0.1) is 12.3 Å². The van der Waals surface area contributed by atoms with Gasteiger partial charge in [0.25, 0.3) is 0 Å². The highest BCUT2D eigenvalue weighted by atomic mass is 16.4. The van der Waals surface area contributed by atoms with Crippen molar-refractivity contribution in [1.82, 2.24) is 0 Å². The highest BCUT2D eigenvalue weighted by Crippen LogP contribution is 2.56. The van der Waals surface area contributed by atoms with Crippen LogP contribution < -0.4 is 0 Å². The van der Waals surface area contributed by atoms with E-state index in [2.05, 4.69) is 5.92 Å². The molecule has 2 heteroatoms. The molecule has 1 saturated carbocycles. The second-order valence-electron chi connectivity index (χ2n) is 4.64. The van der Waals surface area contributed by atoms with Crippen LogP contribution in [0.2, 0.25) is 0 Å². The predicted octanol–water partition coefficient (Wildman–Crippen LogP) is 2.83. The minimum Gasteiger partial charge on any atom is -0.481 e. The first-order valence-electron chi connectivity index (χ1n) is 5.94. The summed E-state index contributed by atoms with van der Waals surface area (Å²) in [6.07, 6.45) is 8.52. The van der Waals surface area contributed by atoms with Crippen LogP contribution in [-0.2, 0) is 10.2 Å². The second kappa shape index (κ2) is 4.63. The lowest BCUT2D eigenvalue weighted by molar-refractivity contribution is -0.140. The Hall–Kier alpha value is -1.75. The molecule has 0 amide bonds. The number of terminal acetylenes is 1. The number of carboxylic acid groups (broad SMARTS) is 1. The van der Waals surface area contributed by atoms with Crippen LogP contribution in [0, 0.1) is 18.3 Å².